The first kappa shape index (κ1) is 17.9. The number of nitrogens with two attached hydrogens (primary N) is 1. The van der Waals surface area contributed by atoms with Gasteiger partial charge in [-0.05, 0) is 50.5 Å². The van der Waals surface area contributed by atoms with E-state index >= 15 is 0 Å². The summed E-state index contributed by atoms with van der Waals surface area (Å²) in [6, 6.07) is 5.97. The van der Waals surface area contributed by atoms with Crippen molar-refractivity contribution in [2.45, 2.75) is 50.1 Å². The molecule has 3 N–H and O–H groups in total. The van der Waals surface area contributed by atoms with Gasteiger partial charge in [-0.25, -0.2) is 13.1 Å². The van der Waals surface area contributed by atoms with Gasteiger partial charge in [0.25, 0.3) is 5.91 Å². The Labute approximate surface area is 138 Å². The van der Waals surface area contributed by atoms with Crippen LogP contribution in [-0.4, -0.2) is 44.4 Å². The maximum Gasteiger partial charge on any atom is 0.253 e. The van der Waals surface area contributed by atoms with E-state index in [9.17, 15) is 13.2 Å². The first-order valence-corrected chi connectivity index (χ1v) is 9.49. The van der Waals surface area contributed by atoms with Crippen LogP contribution in [0.25, 0.3) is 0 Å². The average Bonchev–Trinajstić information content (AvgIpc) is 2.53. The van der Waals surface area contributed by atoms with Gasteiger partial charge in [-0.1, -0.05) is 6.92 Å². The molecule has 0 aliphatic carbocycles. The molecule has 0 saturated carbocycles. The molecule has 0 bridgehead atoms. The van der Waals surface area contributed by atoms with Crippen LogP contribution in [0.3, 0.4) is 0 Å². The highest BCUT2D eigenvalue weighted by Gasteiger charge is 2.23. The molecule has 0 aromatic heterocycles. The van der Waals surface area contributed by atoms with Crippen LogP contribution < -0.4 is 10.5 Å². The van der Waals surface area contributed by atoms with E-state index in [2.05, 4.69) is 4.72 Å². The molecule has 23 heavy (non-hydrogen) atoms. The quantitative estimate of drug-likeness (QED) is 0.846. The molecule has 6 nitrogen and oxygen atoms in total. The Hall–Kier alpha value is -1.44. The molecule has 1 heterocycles. The standard InChI is InChI=1S/C16H25N3O3S/c1-3-12(2)18-23(21,22)15-8-6-13(7-9-15)16(20)19-10-4-5-14(17)11-19/h6-9,12,14,18H,3-5,10-11,17H2,1-2H3. The van der Waals surface area contributed by atoms with Crippen molar-refractivity contribution in [1.29, 1.82) is 0 Å². The van der Waals surface area contributed by atoms with Crippen LogP contribution in [0.15, 0.2) is 29.2 Å². The van der Waals surface area contributed by atoms with Gasteiger partial charge in [0.05, 0.1) is 4.90 Å². The van der Waals surface area contributed by atoms with Crippen LogP contribution >= 0.6 is 0 Å². The van der Waals surface area contributed by atoms with Crippen LogP contribution in [0.1, 0.15) is 43.5 Å². The van der Waals surface area contributed by atoms with Gasteiger partial charge in [-0.2, -0.15) is 0 Å². The third kappa shape index (κ3) is 4.53. The number of carbonyl (C=O) groups is 1. The van der Waals surface area contributed by atoms with Crippen molar-refractivity contribution in [3.05, 3.63) is 29.8 Å². The first-order valence-electron chi connectivity index (χ1n) is 8.00. The SMILES string of the molecule is CCC(C)NS(=O)(=O)c1ccc(C(=O)N2CCCC(N)C2)cc1. The van der Waals surface area contributed by atoms with Crippen LogP contribution in [0.5, 0.6) is 0 Å². The van der Waals surface area contributed by atoms with Crippen molar-refractivity contribution in [2.75, 3.05) is 13.1 Å². The fraction of sp³-hybridized carbons (Fsp3) is 0.562. The molecule has 0 radical (unpaired) electrons. The van der Waals surface area contributed by atoms with E-state index in [-0.39, 0.29) is 22.9 Å². The topological polar surface area (TPSA) is 92.5 Å². The van der Waals surface area contributed by atoms with Gasteiger partial charge in [0.1, 0.15) is 0 Å². The van der Waals surface area contributed by atoms with Crippen LogP contribution in [0.4, 0.5) is 0 Å². The second kappa shape index (κ2) is 7.42. The van der Waals surface area contributed by atoms with Crippen molar-refractivity contribution >= 4 is 15.9 Å². The number of hydrogen-bond acceptors (Lipinski definition) is 4. The minimum absolute atomic E-state index is 0.0204. The monoisotopic (exact) mass is 339 g/mol. The van der Waals surface area contributed by atoms with Crippen LogP contribution in [-0.2, 0) is 10.0 Å². The summed E-state index contributed by atoms with van der Waals surface area (Å²) in [5.41, 5.74) is 6.39. The summed E-state index contributed by atoms with van der Waals surface area (Å²) in [5, 5.41) is 0. The van der Waals surface area contributed by atoms with Crippen molar-refractivity contribution in [3.8, 4) is 0 Å². The number of carbonyl (C=O) groups excluding carboxylic acids is 1. The van der Waals surface area contributed by atoms with E-state index in [4.69, 9.17) is 5.73 Å². The number of benzene rings is 1. The fourth-order valence-electron chi connectivity index (χ4n) is 2.57. The zero-order valence-corrected chi connectivity index (χ0v) is 14.5. The van der Waals surface area contributed by atoms with Crippen molar-refractivity contribution in [3.63, 3.8) is 0 Å². The van der Waals surface area contributed by atoms with Crippen LogP contribution in [0, 0.1) is 0 Å². The Morgan fingerprint density at radius 1 is 1.39 bits per heavy atom. The maximum atomic E-state index is 12.4. The van der Waals surface area contributed by atoms with Gasteiger partial charge in [0.2, 0.25) is 10.0 Å². The lowest BCUT2D eigenvalue weighted by Crippen LogP contribution is -2.45. The Kier molecular flexibility index (Phi) is 5.78. The number of hydrogen-bond donors (Lipinski definition) is 2. The largest absolute Gasteiger partial charge is 0.337 e. The molecular formula is C16H25N3O3S. The summed E-state index contributed by atoms with van der Waals surface area (Å²) >= 11 is 0. The maximum absolute atomic E-state index is 12.4. The minimum Gasteiger partial charge on any atom is -0.337 e. The van der Waals surface area contributed by atoms with Gasteiger partial charge in [-0.3, -0.25) is 4.79 Å². The Bertz CT molecular complexity index is 643. The lowest BCUT2D eigenvalue weighted by molar-refractivity contribution is 0.0708. The summed E-state index contributed by atoms with van der Waals surface area (Å²) in [4.78, 5) is 14.3. The Morgan fingerprint density at radius 3 is 2.61 bits per heavy atom. The highest BCUT2D eigenvalue weighted by Crippen LogP contribution is 2.16. The van der Waals surface area contributed by atoms with Gasteiger partial charge in [-0.15, -0.1) is 0 Å². The average molecular weight is 339 g/mol. The lowest BCUT2D eigenvalue weighted by Gasteiger charge is -2.30. The zero-order valence-electron chi connectivity index (χ0n) is 13.7. The summed E-state index contributed by atoms with van der Waals surface area (Å²) in [7, 11) is -3.54. The highest BCUT2D eigenvalue weighted by molar-refractivity contribution is 7.89. The number of amides is 1. The molecule has 1 saturated heterocycles. The number of sulfonamides is 1. The van der Waals surface area contributed by atoms with Crippen molar-refractivity contribution < 1.29 is 13.2 Å². The molecule has 1 aliphatic rings. The number of rotatable bonds is 5. The van der Waals surface area contributed by atoms with Crippen molar-refractivity contribution in [2.24, 2.45) is 5.73 Å². The number of nitrogens with one attached hydrogen (secondary N) is 1. The van der Waals surface area contributed by atoms with Gasteiger partial charge in [0, 0.05) is 30.7 Å². The van der Waals surface area contributed by atoms with E-state index in [0.717, 1.165) is 12.8 Å². The summed E-state index contributed by atoms with van der Waals surface area (Å²) in [6.45, 7) is 4.98. The first-order chi connectivity index (χ1) is 10.8. The van der Waals surface area contributed by atoms with E-state index in [1.807, 2.05) is 13.8 Å². The summed E-state index contributed by atoms with van der Waals surface area (Å²) < 4.78 is 27.0. The molecule has 2 unspecified atom stereocenters. The molecule has 2 atom stereocenters. The van der Waals surface area contributed by atoms with Crippen LogP contribution in [0.2, 0.25) is 0 Å². The molecule has 0 spiro atoms. The number of piperidine rings is 1. The van der Waals surface area contributed by atoms with Gasteiger partial charge in [0.15, 0.2) is 0 Å². The molecule has 7 heteroatoms. The fourth-order valence-corrected chi connectivity index (χ4v) is 3.90. The Balaban J connectivity index is 2.11. The van der Waals surface area contributed by atoms with Gasteiger partial charge < -0.3 is 10.6 Å². The molecule has 2 rings (SSSR count). The molecular weight excluding hydrogens is 314 g/mol. The highest BCUT2D eigenvalue weighted by atomic mass is 32.2. The molecule has 1 fully saturated rings. The third-order valence-corrected chi connectivity index (χ3v) is 5.73. The molecule has 1 aromatic carbocycles. The normalized spacial score (nSPS) is 20.3. The van der Waals surface area contributed by atoms with E-state index < -0.39 is 10.0 Å². The van der Waals surface area contributed by atoms with Gasteiger partial charge >= 0.3 is 0 Å². The van der Waals surface area contributed by atoms with E-state index in [1.54, 1.807) is 17.0 Å². The van der Waals surface area contributed by atoms with E-state index in [1.165, 1.54) is 12.1 Å². The van der Waals surface area contributed by atoms with E-state index in [0.29, 0.717) is 25.1 Å². The number of nitrogens with zero attached hydrogens (tertiary/aromatic N) is 1. The molecule has 1 aromatic rings. The molecule has 1 amide bonds. The smallest absolute Gasteiger partial charge is 0.253 e. The molecule has 128 valence electrons. The van der Waals surface area contributed by atoms with Crippen molar-refractivity contribution in [1.82, 2.24) is 9.62 Å². The second-order valence-electron chi connectivity index (χ2n) is 6.11. The predicted octanol–water partition coefficient (Wildman–Crippen LogP) is 1.33. The predicted molar refractivity (Wildman–Crippen MR) is 89.6 cm³/mol. The summed E-state index contributed by atoms with van der Waals surface area (Å²) in [6.07, 6.45) is 2.55. The molecule has 1 aliphatic heterocycles. The minimum atomic E-state index is -3.54. The summed E-state index contributed by atoms with van der Waals surface area (Å²) in [5.74, 6) is -0.0982. The third-order valence-electron chi connectivity index (χ3n) is 4.13. The zero-order chi connectivity index (χ0) is 17.0. The second-order valence-corrected chi connectivity index (χ2v) is 7.82. The number of likely N-dealkylation sites (tertiary alicyclic amines) is 1. The lowest BCUT2D eigenvalue weighted by atomic mass is 10.1. The Morgan fingerprint density at radius 2 is 2.04 bits per heavy atom.